The van der Waals surface area contributed by atoms with Crippen molar-refractivity contribution in [2.24, 2.45) is 68.5 Å². The predicted octanol–water partition coefficient (Wildman–Crippen LogP) is 8.31. The molecule has 5 saturated carbocycles. The second kappa shape index (κ2) is 10.5. The number of ether oxygens (including phenoxy) is 1. The summed E-state index contributed by atoms with van der Waals surface area (Å²) in [4.78, 5) is 38.3. The first-order chi connectivity index (χ1) is 20.5. The summed E-state index contributed by atoms with van der Waals surface area (Å²) >= 11 is 0. The summed E-state index contributed by atoms with van der Waals surface area (Å²) < 4.78 is 6.30. The van der Waals surface area contributed by atoms with Crippen LogP contribution in [0.1, 0.15) is 119 Å². The van der Waals surface area contributed by atoms with Gasteiger partial charge in [0.15, 0.2) is 0 Å². The van der Waals surface area contributed by atoms with Crippen molar-refractivity contribution in [3.8, 4) is 0 Å². The van der Waals surface area contributed by atoms with E-state index in [-0.39, 0.29) is 39.7 Å². The van der Waals surface area contributed by atoms with Crippen LogP contribution < -0.4 is 0 Å². The van der Waals surface area contributed by atoms with Gasteiger partial charge in [-0.15, -0.1) is 0 Å². The molecule has 6 aliphatic carbocycles. The van der Waals surface area contributed by atoms with Crippen molar-refractivity contribution >= 4 is 17.9 Å². The van der Waals surface area contributed by atoms with Gasteiger partial charge in [0, 0.05) is 5.41 Å². The third-order valence-corrected chi connectivity index (χ3v) is 15.7. The number of esters is 1. The Morgan fingerprint density at radius 1 is 0.750 bits per heavy atom. The summed E-state index contributed by atoms with van der Waals surface area (Å²) in [7, 11) is 0. The lowest BCUT2D eigenvalue weighted by molar-refractivity contribution is -0.251. The first-order valence-corrected chi connectivity index (χ1v) is 17.5. The van der Waals surface area contributed by atoms with Gasteiger partial charge in [0.05, 0.1) is 17.3 Å². The van der Waals surface area contributed by atoms with Gasteiger partial charge >= 0.3 is 17.9 Å². The molecule has 0 spiro atoms. The van der Waals surface area contributed by atoms with Gasteiger partial charge < -0.3 is 14.9 Å². The molecule has 0 aliphatic heterocycles. The number of carboxylic acid groups (broad SMARTS) is 2. The van der Waals surface area contributed by atoms with Crippen LogP contribution in [0.25, 0.3) is 0 Å². The van der Waals surface area contributed by atoms with Gasteiger partial charge in [-0.1, -0.05) is 58.9 Å². The molecule has 6 heteroatoms. The number of carbonyl (C=O) groups is 3. The smallest absolute Gasteiger partial charge is 0.310 e. The van der Waals surface area contributed by atoms with Gasteiger partial charge in [-0.25, -0.2) is 0 Å². The first kappa shape index (κ1) is 31.9. The zero-order valence-electron chi connectivity index (χ0n) is 28.0. The summed E-state index contributed by atoms with van der Waals surface area (Å²) in [6, 6.07) is 0. The number of hydrogen-bond acceptors (Lipinski definition) is 4. The molecule has 0 aromatic carbocycles. The van der Waals surface area contributed by atoms with Gasteiger partial charge in [-0.2, -0.15) is 0 Å². The predicted molar refractivity (Wildman–Crippen MR) is 169 cm³/mol. The Morgan fingerprint density at radius 3 is 2.07 bits per heavy atom. The minimum atomic E-state index is -0.919. The zero-order chi connectivity index (χ0) is 32.0. The highest BCUT2D eigenvalue weighted by Gasteiger charge is 2.72. The summed E-state index contributed by atoms with van der Waals surface area (Å²) in [6.45, 7) is 18.7. The molecule has 0 aromatic heterocycles. The minimum Gasteiger partial charge on any atom is -0.481 e. The summed E-state index contributed by atoms with van der Waals surface area (Å²) in [6.07, 6.45) is 14.1. The van der Waals surface area contributed by atoms with Gasteiger partial charge in [0.25, 0.3) is 0 Å². The Morgan fingerprint density at radius 2 is 1.43 bits per heavy atom. The second-order valence-electron chi connectivity index (χ2n) is 17.4. The average Bonchev–Trinajstić information content (AvgIpc) is 3.36. The van der Waals surface area contributed by atoms with Crippen molar-refractivity contribution in [1.29, 1.82) is 0 Å². The van der Waals surface area contributed by atoms with E-state index in [2.05, 4.69) is 48.1 Å². The van der Waals surface area contributed by atoms with E-state index in [4.69, 9.17) is 4.74 Å². The Labute approximate surface area is 264 Å². The van der Waals surface area contributed by atoms with E-state index in [1.165, 1.54) is 5.57 Å². The van der Waals surface area contributed by atoms with E-state index >= 15 is 0 Å². The first-order valence-electron chi connectivity index (χ1n) is 17.5. The highest BCUT2D eigenvalue weighted by molar-refractivity contribution is 5.82. The van der Waals surface area contributed by atoms with Gasteiger partial charge in [0.2, 0.25) is 0 Å². The van der Waals surface area contributed by atoms with Crippen molar-refractivity contribution in [1.82, 2.24) is 0 Å². The molecule has 6 rings (SSSR count). The van der Waals surface area contributed by atoms with Crippen molar-refractivity contribution in [3.05, 3.63) is 24.3 Å². The standard InChI is InChI=1S/C38H56O6/c1-22(2)23-14-19-38(33(42)43)21-20-36(6)26(30(23)38)12-13-28-35(5)17-16-29(34(3,4)27(35)15-18-37(28,36)7)44-32(41)25-11-9-8-10-24(25)31(39)40/h8-9,23-30H,1,10-21H2,2-7H3,(H,39,40)(H,42,43)/t23-,24?,25?,26+,27-,28+,29-,30+,35-,36+,37+,38-/m0/s1. The molecule has 12 atom stereocenters. The quantitative estimate of drug-likeness (QED) is 0.240. The van der Waals surface area contributed by atoms with Crippen LogP contribution in [0.2, 0.25) is 0 Å². The molecule has 0 bridgehead atoms. The lowest BCUT2D eigenvalue weighted by Gasteiger charge is -2.72. The Balaban J connectivity index is 1.27. The van der Waals surface area contributed by atoms with Gasteiger partial charge in [-0.05, 0) is 130 Å². The van der Waals surface area contributed by atoms with Crippen molar-refractivity contribution < 1.29 is 29.3 Å². The molecule has 6 aliphatic rings. The number of fused-ring (bicyclic) bond motifs is 7. The van der Waals surface area contributed by atoms with E-state index < -0.39 is 29.2 Å². The molecular weight excluding hydrogens is 552 g/mol. The number of carboxylic acids is 2. The summed E-state index contributed by atoms with van der Waals surface area (Å²) in [5.41, 5.74) is 0.659. The monoisotopic (exact) mass is 608 g/mol. The molecule has 0 aromatic rings. The third-order valence-electron chi connectivity index (χ3n) is 15.7. The highest BCUT2D eigenvalue weighted by atomic mass is 16.5. The average molecular weight is 609 g/mol. The SMILES string of the molecule is C=C(C)[C@@H]1CC[C@]2(C(=O)O)CC[C@]3(C)[C@H](CC[C@@H]4[C@@]5(C)CC[C@H](OC(=O)C6CC=CCC6C(=O)O)C(C)(C)[C@@H]5CC[C@]43C)[C@@H]12. The Hall–Kier alpha value is -2.11. The maximum Gasteiger partial charge on any atom is 0.310 e. The molecule has 2 N–H and O–H groups in total. The fourth-order valence-electron chi connectivity index (χ4n) is 13.3. The Kier molecular flexibility index (Phi) is 7.57. The van der Waals surface area contributed by atoms with Crippen LogP contribution in [0, 0.1) is 68.5 Å². The van der Waals surface area contributed by atoms with Crippen LogP contribution in [0.4, 0.5) is 0 Å². The number of allylic oxidation sites excluding steroid dienone is 3. The highest BCUT2D eigenvalue weighted by Crippen LogP contribution is 2.77. The van der Waals surface area contributed by atoms with Crippen LogP contribution >= 0.6 is 0 Å². The summed E-state index contributed by atoms with van der Waals surface area (Å²) in [5, 5.41) is 20.4. The van der Waals surface area contributed by atoms with Crippen molar-refractivity contribution in [2.45, 2.75) is 125 Å². The fraction of sp³-hybridized carbons (Fsp3) is 0.816. The number of hydrogen-bond donors (Lipinski definition) is 2. The van der Waals surface area contributed by atoms with Gasteiger partial charge in [-0.3, -0.25) is 14.4 Å². The molecule has 44 heavy (non-hydrogen) atoms. The maximum atomic E-state index is 13.5. The zero-order valence-corrected chi connectivity index (χ0v) is 28.0. The molecule has 0 heterocycles. The van der Waals surface area contributed by atoms with E-state index in [1.807, 2.05) is 12.2 Å². The van der Waals surface area contributed by atoms with Crippen LogP contribution in [0.3, 0.4) is 0 Å². The van der Waals surface area contributed by atoms with Gasteiger partial charge in [0.1, 0.15) is 6.10 Å². The topological polar surface area (TPSA) is 101 Å². The van der Waals surface area contributed by atoms with E-state index in [0.717, 1.165) is 64.2 Å². The fourth-order valence-corrected chi connectivity index (χ4v) is 13.3. The minimum absolute atomic E-state index is 0.0827. The third kappa shape index (κ3) is 4.20. The maximum absolute atomic E-state index is 13.5. The van der Waals surface area contributed by atoms with Crippen molar-refractivity contribution in [3.63, 3.8) is 0 Å². The van der Waals surface area contributed by atoms with Crippen LogP contribution in [-0.2, 0) is 19.1 Å². The van der Waals surface area contributed by atoms with E-state index in [0.29, 0.717) is 36.5 Å². The number of rotatable bonds is 5. The second-order valence-corrected chi connectivity index (χ2v) is 17.4. The lowest BCUT2D eigenvalue weighted by atomic mass is 9.32. The van der Waals surface area contributed by atoms with Crippen LogP contribution in [-0.4, -0.2) is 34.2 Å². The summed E-state index contributed by atoms with van der Waals surface area (Å²) in [5.74, 6) is -1.36. The van der Waals surface area contributed by atoms with E-state index in [9.17, 15) is 24.6 Å². The molecular formula is C38H56O6. The largest absolute Gasteiger partial charge is 0.481 e. The molecule has 6 nitrogen and oxygen atoms in total. The normalized spacial score (nSPS) is 49.0. The van der Waals surface area contributed by atoms with Crippen molar-refractivity contribution in [2.75, 3.05) is 0 Å². The molecule has 0 saturated heterocycles. The van der Waals surface area contributed by atoms with Crippen LogP contribution in [0.15, 0.2) is 24.3 Å². The lowest BCUT2D eigenvalue weighted by Crippen LogP contribution is -2.67. The molecule has 5 fully saturated rings. The molecule has 0 radical (unpaired) electrons. The van der Waals surface area contributed by atoms with E-state index in [1.54, 1.807) is 0 Å². The Bertz CT molecular complexity index is 1270. The molecule has 2 unspecified atom stereocenters. The number of aliphatic carboxylic acids is 2. The molecule has 0 amide bonds. The van der Waals surface area contributed by atoms with Crippen LogP contribution in [0.5, 0.6) is 0 Å². The number of carbonyl (C=O) groups excluding carboxylic acids is 1. The molecule has 244 valence electrons.